The number of carbonyl (C=O) groups is 1. The van der Waals surface area contributed by atoms with Gasteiger partial charge in [0.2, 0.25) is 5.91 Å². The topological polar surface area (TPSA) is 75.0 Å². The number of benzene rings is 2. The molecule has 0 aliphatic carbocycles. The van der Waals surface area contributed by atoms with Crippen LogP contribution in [0.3, 0.4) is 0 Å². The quantitative estimate of drug-likeness (QED) is 0.571. The number of rotatable bonds is 5. The van der Waals surface area contributed by atoms with Crippen molar-refractivity contribution in [3.8, 4) is 23.3 Å². The third kappa shape index (κ3) is 4.00. The first kappa shape index (κ1) is 22.4. The van der Waals surface area contributed by atoms with Crippen LogP contribution in [-0.2, 0) is 4.79 Å². The highest BCUT2D eigenvalue weighted by Crippen LogP contribution is 2.46. The summed E-state index contributed by atoms with van der Waals surface area (Å²) in [7, 11) is 4.81. The third-order valence-electron chi connectivity index (χ3n) is 5.59. The number of nitriles is 1. The number of allylic oxidation sites excluding steroid dienone is 1. The molecule has 166 valence electrons. The third-order valence-corrected chi connectivity index (χ3v) is 7.24. The first-order valence-electron chi connectivity index (χ1n) is 9.88. The van der Waals surface area contributed by atoms with Crippen LogP contribution >= 0.6 is 27.7 Å². The smallest absolute Gasteiger partial charge is 0.229 e. The Hall–Kier alpha value is -2.83. The zero-order valence-electron chi connectivity index (χ0n) is 17.9. The van der Waals surface area contributed by atoms with Crippen molar-refractivity contribution < 1.29 is 19.0 Å². The van der Waals surface area contributed by atoms with Crippen LogP contribution in [0, 0.1) is 11.3 Å². The summed E-state index contributed by atoms with van der Waals surface area (Å²) in [5.41, 5.74) is 2.29. The second-order valence-electron chi connectivity index (χ2n) is 7.29. The lowest BCUT2D eigenvalue weighted by atomic mass is 9.86. The molecule has 0 bridgehead atoms. The molecule has 2 aromatic rings. The minimum atomic E-state index is -0.347. The summed E-state index contributed by atoms with van der Waals surface area (Å²) in [6.45, 7) is 0.345. The van der Waals surface area contributed by atoms with E-state index in [1.165, 1.54) is 11.8 Å². The molecule has 1 atom stereocenters. The Kier molecular flexibility index (Phi) is 6.53. The summed E-state index contributed by atoms with van der Waals surface area (Å²) in [4.78, 5) is 17.0. The second-order valence-corrected chi connectivity index (χ2v) is 9.14. The van der Waals surface area contributed by atoms with Crippen LogP contribution in [-0.4, -0.2) is 44.7 Å². The molecule has 4 rings (SSSR count). The van der Waals surface area contributed by atoms with Gasteiger partial charge < -0.3 is 19.1 Å². The number of fused-ring (bicyclic) bond motifs is 1. The molecule has 0 saturated carbocycles. The highest BCUT2D eigenvalue weighted by molar-refractivity contribution is 9.10. The molecule has 0 radical (unpaired) electrons. The standard InChI is InChI=1S/C23H22BrN3O4S/c1-29-15-5-6-19(21(9-15)31-3)26-12-27-22(28)10-16(18(11-25)23(27)32-13-26)17-8-14(24)4-7-20(17)30-2/h4-9,16H,10,12-13H2,1-3H3/t16-/m0/s1. The number of amides is 1. The predicted molar refractivity (Wildman–Crippen MR) is 127 cm³/mol. The number of nitrogens with zero attached hydrogens (tertiary/aromatic N) is 3. The van der Waals surface area contributed by atoms with Crippen molar-refractivity contribution >= 4 is 39.3 Å². The highest BCUT2D eigenvalue weighted by Gasteiger charge is 2.39. The van der Waals surface area contributed by atoms with Crippen molar-refractivity contribution in [2.75, 3.05) is 38.8 Å². The van der Waals surface area contributed by atoms with Crippen molar-refractivity contribution in [2.45, 2.75) is 12.3 Å². The second kappa shape index (κ2) is 9.35. The van der Waals surface area contributed by atoms with Crippen molar-refractivity contribution in [2.24, 2.45) is 0 Å². The Morgan fingerprint density at radius 2 is 1.88 bits per heavy atom. The van der Waals surface area contributed by atoms with Gasteiger partial charge in [-0.3, -0.25) is 9.69 Å². The molecule has 0 unspecified atom stereocenters. The van der Waals surface area contributed by atoms with Crippen LogP contribution < -0.4 is 19.1 Å². The number of thioether (sulfide) groups is 1. The minimum absolute atomic E-state index is 0.0318. The van der Waals surface area contributed by atoms with E-state index in [1.807, 2.05) is 36.4 Å². The molecule has 1 amide bonds. The number of halogens is 1. The first-order chi connectivity index (χ1) is 15.5. The summed E-state index contributed by atoms with van der Waals surface area (Å²) in [6, 6.07) is 13.6. The number of hydrogen-bond donors (Lipinski definition) is 0. The Morgan fingerprint density at radius 1 is 1.09 bits per heavy atom. The van der Waals surface area contributed by atoms with Gasteiger partial charge in [0.1, 0.15) is 17.2 Å². The van der Waals surface area contributed by atoms with Gasteiger partial charge in [0.15, 0.2) is 0 Å². The Bertz CT molecular complexity index is 1130. The molecule has 2 aliphatic rings. The van der Waals surface area contributed by atoms with Gasteiger partial charge in [-0.05, 0) is 30.3 Å². The molecule has 0 spiro atoms. The molecule has 2 aliphatic heterocycles. The van der Waals surface area contributed by atoms with Gasteiger partial charge in [0.05, 0.1) is 56.2 Å². The molecule has 2 heterocycles. The summed E-state index contributed by atoms with van der Waals surface area (Å²) in [5.74, 6) is 2.23. The van der Waals surface area contributed by atoms with Crippen molar-refractivity contribution in [1.29, 1.82) is 5.26 Å². The van der Waals surface area contributed by atoms with Crippen molar-refractivity contribution in [3.63, 3.8) is 0 Å². The van der Waals surface area contributed by atoms with E-state index in [0.29, 0.717) is 40.4 Å². The normalized spacial score (nSPS) is 18.2. The zero-order chi connectivity index (χ0) is 22.8. The average Bonchev–Trinajstić information content (AvgIpc) is 2.83. The Balaban J connectivity index is 1.69. The monoisotopic (exact) mass is 515 g/mol. The molecular weight excluding hydrogens is 494 g/mol. The highest BCUT2D eigenvalue weighted by atomic mass is 79.9. The van der Waals surface area contributed by atoms with E-state index in [2.05, 4.69) is 26.9 Å². The average molecular weight is 516 g/mol. The van der Waals surface area contributed by atoms with E-state index in [4.69, 9.17) is 14.2 Å². The summed E-state index contributed by atoms with van der Waals surface area (Å²) < 4.78 is 17.2. The van der Waals surface area contributed by atoms with Crippen molar-refractivity contribution in [1.82, 2.24) is 4.90 Å². The number of ether oxygens (including phenoxy) is 3. The maximum Gasteiger partial charge on any atom is 0.229 e. The first-order valence-corrected chi connectivity index (χ1v) is 11.7. The van der Waals surface area contributed by atoms with E-state index in [1.54, 1.807) is 26.2 Å². The maximum atomic E-state index is 13.2. The number of hydrogen-bond acceptors (Lipinski definition) is 7. The van der Waals surface area contributed by atoms with Gasteiger partial charge >= 0.3 is 0 Å². The molecule has 1 fully saturated rings. The molecule has 7 nitrogen and oxygen atoms in total. The molecule has 32 heavy (non-hydrogen) atoms. The number of anilines is 1. The van der Waals surface area contributed by atoms with E-state index >= 15 is 0 Å². The Labute approximate surface area is 199 Å². The molecule has 1 saturated heterocycles. The van der Waals surface area contributed by atoms with E-state index in [-0.39, 0.29) is 18.2 Å². The summed E-state index contributed by atoms with van der Waals surface area (Å²) in [5, 5.41) is 10.8. The van der Waals surface area contributed by atoms with Crippen molar-refractivity contribution in [3.05, 3.63) is 57.0 Å². The lowest BCUT2D eigenvalue weighted by Crippen LogP contribution is -2.47. The van der Waals surface area contributed by atoms with Gasteiger partial charge in [-0.2, -0.15) is 5.26 Å². The van der Waals surface area contributed by atoms with Crippen LogP contribution in [0.5, 0.6) is 17.2 Å². The zero-order valence-corrected chi connectivity index (χ0v) is 20.3. The molecule has 2 aromatic carbocycles. The summed E-state index contributed by atoms with van der Waals surface area (Å²) >= 11 is 4.97. The van der Waals surface area contributed by atoms with Gasteiger partial charge in [0.25, 0.3) is 0 Å². The minimum Gasteiger partial charge on any atom is -0.497 e. The molecule has 0 aromatic heterocycles. The van der Waals surface area contributed by atoms with Gasteiger partial charge in [-0.15, -0.1) is 0 Å². The SMILES string of the molecule is COc1ccc(N2CSC3=C(C#N)[C@H](c4cc(Br)ccc4OC)CC(=O)N3C2)c(OC)c1. The van der Waals surface area contributed by atoms with Gasteiger partial charge in [-0.25, -0.2) is 0 Å². The van der Waals surface area contributed by atoms with Gasteiger partial charge in [-0.1, -0.05) is 27.7 Å². The van der Waals surface area contributed by atoms with Crippen LogP contribution in [0.2, 0.25) is 0 Å². The van der Waals surface area contributed by atoms with Crippen LogP contribution in [0.15, 0.2) is 51.5 Å². The fourth-order valence-corrected chi connectivity index (χ4v) is 5.54. The lowest BCUT2D eigenvalue weighted by molar-refractivity contribution is -0.129. The fourth-order valence-electron chi connectivity index (χ4n) is 4.00. The fraction of sp³-hybridized carbons (Fsp3) is 0.304. The molecule has 9 heteroatoms. The molecule has 0 N–H and O–H groups in total. The van der Waals surface area contributed by atoms with E-state index in [0.717, 1.165) is 15.7 Å². The van der Waals surface area contributed by atoms with Crippen LogP contribution in [0.1, 0.15) is 17.9 Å². The van der Waals surface area contributed by atoms with E-state index in [9.17, 15) is 10.1 Å². The number of methoxy groups -OCH3 is 3. The Morgan fingerprint density at radius 3 is 2.56 bits per heavy atom. The maximum absolute atomic E-state index is 13.2. The van der Waals surface area contributed by atoms with Gasteiger partial charge in [0, 0.05) is 28.4 Å². The summed E-state index contributed by atoms with van der Waals surface area (Å²) in [6.07, 6.45) is 0.202. The van der Waals surface area contributed by atoms with E-state index < -0.39 is 0 Å². The largest absolute Gasteiger partial charge is 0.497 e. The molecular formula is C23H22BrN3O4S. The van der Waals surface area contributed by atoms with Crippen LogP contribution in [0.4, 0.5) is 5.69 Å². The number of carbonyl (C=O) groups excluding carboxylic acids is 1. The predicted octanol–water partition coefficient (Wildman–Crippen LogP) is 4.69. The van der Waals surface area contributed by atoms with Crippen LogP contribution in [0.25, 0.3) is 0 Å². The lowest BCUT2D eigenvalue weighted by Gasteiger charge is -2.42.